The third-order valence-corrected chi connectivity index (χ3v) is 10.4. The first-order valence-corrected chi connectivity index (χ1v) is 22.8. The van der Waals surface area contributed by atoms with Crippen molar-refractivity contribution in [1.29, 1.82) is 0 Å². The number of phenolic OH excluding ortho intramolecular Hbond substituents is 4. The Balaban J connectivity index is 1.91. The molecule has 0 unspecified atom stereocenters. The third kappa shape index (κ3) is 26.8. The van der Waals surface area contributed by atoms with Crippen LogP contribution in [0.25, 0.3) is 12.2 Å². The van der Waals surface area contributed by atoms with E-state index < -0.39 is 0 Å². The number of nitrogens with zero attached hydrogens (tertiary/aromatic N) is 4. The van der Waals surface area contributed by atoms with Crippen molar-refractivity contribution in [2.45, 2.75) is 26.7 Å². The summed E-state index contributed by atoms with van der Waals surface area (Å²) >= 11 is 0. The Hall–Kier alpha value is -4.30. The molecule has 2 aromatic carbocycles. The molecular weight excluding hydrogens is 803 g/mol. The number of hydrogen-bond acceptors (Lipinski definition) is 15. The standard InChI is InChI=1S/C46H81N11O6/c1-5-15-49-20-31-57(35-33-55(26-18-47-3)27-19-48-4)36-34-56(29-21-50-16-17-52-45(62)13-9-39-7-11-41(58)43(60)37-39)30-23-51-22-28-54(25-6-2)32-24-53-46(63)14-10-40-8-12-42(59)44(61)38-40/h7-14,37-38,47-51,58-61H,5-6,15-36H2,1-4H3,(H,52,62)(H,53,63)/b13-9+,14-10+. The molecule has 0 saturated heterocycles. The minimum absolute atomic E-state index is 0.200. The lowest BCUT2D eigenvalue weighted by Crippen LogP contribution is -2.46. The van der Waals surface area contributed by atoms with Crippen molar-refractivity contribution in [3.05, 3.63) is 59.7 Å². The quantitative estimate of drug-likeness (QED) is 0.0255. The molecule has 63 heavy (non-hydrogen) atoms. The fraction of sp³-hybridized carbons (Fsp3) is 0.609. The van der Waals surface area contributed by atoms with Gasteiger partial charge >= 0.3 is 0 Å². The number of rotatable bonds is 38. The van der Waals surface area contributed by atoms with Gasteiger partial charge in [0.1, 0.15) is 0 Å². The summed E-state index contributed by atoms with van der Waals surface area (Å²) in [7, 11) is 4.01. The zero-order chi connectivity index (χ0) is 45.9. The summed E-state index contributed by atoms with van der Waals surface area (Å²) in [6, 6.07) is 8.84. The predicted octanol–water partition coefficient (Wildman–Crippen LogP) is 0.704. The van der Waals surface area contributed by atoms with Crippen LogP contribution in [0.2, 0.25) is 0 Å². The minimum atomic E-state index is -0.231. The van der Waals surface area contributed by atoms with E-state index in [0.717, 1.165) is 137 Å². The highest BCUT2D eigenvalue weighted by Gasteiger charge is 2.13. The van der Waals surface area contributed by atoms with Gasteiger partial charge in [-0.15, -0.1) is 0 Å². The number of phenols is 4. The molecular formula is C46H81N11O6. The van der Waals surface area contributed by atoms with Gasteiger partial charge in [-0.2, -0.15) is 0 Å². The lowest BCUT2D eigenvalue weighted by atomic mass is 10.2. The van der Waals surface area contributed by atoms with Gasteiger partial charge in [-0.25, -0.2) is 0 Å². The van der Waals surface area contributed by atoms with Crippen LogP contribution in [-0.2, 0) is 9.59 Å². The molecule has 17 heteroatoms. The summed E-state index contributed by atoms with van der Waals surface area (Å²) in [5.41, 5.74) is 1.24. The van der Waals surface area contributed by atoms with Crippen molar-refractivity contribution in [1.82, 2.24) is 56.8 Å². The number of amides is 2. The largest absolute Gasteiger partial charge is 0.504 e. The molecule has 2 amide bonds. The number of benzene rings is 2. The first kappa shape index (κ1) is 54.8. The highest BCUT2D eigenvalue weighted by atomic mass is 16.3. The van der Waals surface area contributed by atoms with Crippen LogP contribution in [0.1, 0.15) is 37.8 Å². The molecule has 0 bridgehead atoms. The normalized spacial score (nSPS) is 11.9. The van der Waals surface area contributed by atoms with Crippen LogP contribution >= 0.6 is 0 Å². The molecule has 11 N–H and O–H groups in total. The third-order valence-electron chi connectivity index (χ3n) is 10.4. The molecule has 0 saturated carbocycles. The van der Waals surface area contributed by atoms with E-state index in [0.29, 0.717) is 30.8 Å². The van der Waals surface area contributed by atoms with E-state index in [9.17, 15) is 30.0 Å². The van der Waals surface area contributed by atoms with E-state index in [4.69, 9.17) is 0 Å². The molecule has 2 rings (SSSR count). The first-order chi connectivity index (χ1) is 30.6. The Kier molecular flexibility index (Phi) is 30.5. The lowest BCUT2D eigenvalue weighted by molar-refractivity contribution is -0.117. The van der Waals surface area contributed by atoms with Crippen LogP contribution in [0.3, 0.4) is 0 Å². The molecule has 0 spiro atoms. The predicted molar refractivity (Wildman–Crippen MR) is 256 cm³/mol. The molecule has 2 aromatic rings. The molecule has 0 heterocycles. The van der Waals surface area contributed by atoms with Gasteiger partial charge in [0.05, 0.1) is 0 Å². The number of aromatic hydroxyl groups is 4. The van der Waals surface area contributed by atoms with Gasteiger partial charge in [-0.1, -0.05) is 26.0 Å². The average Bonchev–Trinajstić information content (AvgIpc) is 3.27. The van der Waals surface area contributed by atoms with Crippen molar-refractivity contribution >= 4 is 24.0 Å². The Morgan fingerprint density at radius 2 is 0.825 bits per heavy atom. The van der Waals surface area contributed by atoms with Crippen molar-refractivity contribution < 1.29 is 30.0 Å². The van der Waals surface area contributed by atoms with Gasteiger partial charge < -0.3 is 62.5 Å². The molecule has 0 radical (unpaired) electrons. The van der Waals surface area contributed by atoms with E-state index in [1.807, 2.05) is 14.1 Å². The monoisotopic (exact) mass is 884 g/mol. The average molecular weight is 884 g/mol. The molecule has 0 aliphatic carbocycles. The summed E-state index contributed by atoms with van der Waals surface area (Å²) in [6.07, 6.45) is 8.17. The van der Waals surface area contributed by atoms with Crippen molar-refractivity contribution in [2.75, 3.05) is 158 Å². The van der Waals surface area contributed by atoms with Crippen LogP contribution in [0.4, 0.5) is 0 Å². The van der Waals surface area contributed by atoms with Gasteiger partial charge in [0.25, 0.3) is 0 Å². The van der Waals surface area contributed by atoms with E-state index >= 15 is 0 Å². The maximum atomic E-state index is 12.4. The summed E-state index contributed by atoms with van der Waals surface area (Å²) in [5, 5.41) is 61.6. The van der Waals surface area contributed by atoms with Gasteiger partial charge in [0.15, 0.2) is 23.0 Å². The zero-order valence-corrected chi connectivity index (χ0v) is 38.6. The number of hydrogen-bond donors (Lipinski definition) is 11. The fourth-order valence-corrected chi connectivity index (χ4v) is 6.63. The highest BCUT2D eigenvalue weighted by molar-refractivity contribution is 5.92. The second kappa shape index (κ2) is 35.1. The summed E-state index contributed by atoms with van der Waals surface area (Å²) in [5.74, 6) is -1.31. The molecule has 0 aromatic heterocycles. The maximum absolute atomic E-state index is 12.4. The molecule has 0 fully saturated rings. The van der Waals surface area contributed by atoms with E-state index in [2.05, 4.69) is 70.7 Å². The van der Waals surface area contributed by atoms with Crippen molar-refractivity contribution in [3.63, 3.8) is 0 Å². The molecule has 0 atom stereocenters. The van der Waals surface area contributed by atoms with Gasteiger partial charge in [0.2, 0.25) is 11.8 Å². The number of likely N-dealkylation sites (N-methyl/N-ethyl adjacent to an activating group) is 2. The zero-order valence-electron chi connectivity index (χ0n) is 38.6. The van der Waals surface area contributed by atoms with Crippen LogP contribution in [-0.4, -0.2) is 210 Å². The maximum Gasteiger partial charge on any atom is 0.244 e. The van der Waals surface area contributed by atoms with E-state index in [-0.39, 0.29) is 34.8 Å². The number of nitrogens with one attached hydrogen (secondary N) is 7. The van der Waals surface area contributed by atoms with Gasteiger partial charge in [-0.3, -0.25) is 24.3 Å². The molecule has 356 valence electrons. The Morgan fingerprint density at radius 3 is 1.25 bits per heavy atom. The fourth-order valence-electron chi connectivity index (χ4n) is 6.63. The van der Waals surface area contributed by atoms with E-state index in [1.54, 1.807) is 24.3 Å². The van der Waals surface area contributed by atoms with Crippen molar-refractivity contribution in [2.24, 2.45) is 0 Å². The Labute approximate surface area is 377 Å². The summed E-state index contributed by atoms with van der Waals surface area (Å²) in [6.45, 7) is 23.5. The topological polar surface area (TPSA) is 212 Å². The van der Waals surface area contributed by atoms with Gasteiger partial charge in [0, 0.05) is 143 Å². The summed E-state index contributed by atoms with van der Waals surface area (Å²) in [4.78, 5) is 34.8. The molecule has 0 aliphatic heterocycles. The first-order valence-electron chi connectivity index (χ1n) is 22.8. The van der Waals surface area contributed by atoms with Crippen LogP contribution < -0.4 is 37.2 Å². The second-order valence-electron chi connectivity index (χ2n) is 15.6. The van der Waals surface area contributed by atoms with Gasteiger partial charge in [-0.05, 0) is 87.6 Å². The lowest BCUT2D eigenvalue weighted by Gasteiger charge is -2.30. The minimum Gasteiger partial charge on any atom is -0.504 e. The summed E-state index contributed by atoms with van der Waals surface area (Å²) < 4.78 is 0. The molecule has 0 aliphatic rings. The van der Waals surface area contributed by atoms with Crippen LogP contribution in [0, 0.1) is 0 Å². The molecule has 17 nitrogen and oxygen atoms in total. The highest BCUT2D eigenvalue weighted by Crippen LogP contribution is 2.26. The van der Waals surface area contributed by atoms with Crippen molar-refractivity contribution in [3.8, 4) is 23.0 Å². The smallest absolute Gasteiger partial charge is 0.244 e. The van der Waals surface area contributed by atoms with Crippen LogP contribution in [0.15, 0.2) is 48.6 Å². The van der Waals surface area contributed by atoms with Crippen LogP contribution in [0.5, 0.6) is 23.0 Å². The Bertz CT molecular complexity index is 1580. The number of carbonyl (C=O) groups excluding carboxylic acids is 2. The second-order valence-corrected chi connectivity index (χ2v) is 15.6. The van der Waals surface area contributed by atoms with E-state index in [1.165, 1.54) is 36.4 Å². The number of carbonyl (C=O) groups is 2. The Morgan fingerprint density at radius 1 is 0.444 bits per heavy atom. The SMILES string of the molecule is CCCNCCN(CCN(CCNC)CCNC)CCN(CCNCCNC(=O)/C=C/c1ccc(O)c(O)c1)CCNCCN(CCC)CCNC(=O)/C=C/c1ccc(O)c(O)c1.